The fourth-order valence-corrected chi connectivity index (χ4v) is 2.48. The molecule has 114 valence electrons. The number of rotatable bonds is 4. The van der Waals surface area contributed by atoms with E-state index in [0.29, 0.717) is 6.04 Å². The lowest BCUT2D eigenvalue weighted by atomic mass is 9.86. The summed E-state index contributed by atoms with van der Waals surface area (Å²) in [7, 11) is 0. The summed E-state index contributed by atoms with van der Waals surface area (Å²) in [6.45, 7) is 13.9. The van der Waals surface area contributed by atoms with E-state index in [4.69, 9.17) is 0 Å². The second kappa shape index (κ2) is 6.02. The molecule has 0 radical (unpaired) electrons. The monoisotopic (exact) mass is 285 g/mol. The molecule has 2 rings (SSSR count). The van der Waals surface area contributed by atoms with E-state index in [0.717, 1.165) is 17.9 Å². The Bertz CT molecular complexity index is 568. The molecule has 3 nitrogen and oxygen atoms in total. The zero-order valence-corrected chi connectivity index (χ0v) is 14.0. The molecule has 2 N–H and O–H groups in total. The standard InChI is InChI=1S/C18H27N3/c1-12(19-11-17-13(2)20-21-14(17)3)15-7-9-16(10-8-15)18(4,5)6/h7-10,12,19H,11H2,1-6H3,(H,20,21). The van der Waals surface area contributed by atoms with Crippen LogP contribution in [0.2, 0.25) is 0 Å². The van der Waals surface area contributed by atoms with Gasteiger partial charge in [0.1, 0.15) is 0 Å². The maximum atomic E-state index is 4.24. The highest BCUT2D eigenvalue weighted by Crippen LogP contribution is 2.24. The molecule has 0 aliphatic rings. The van der Waals surface area contributed by atoms with Gasteiger partial charge in [-0.1, -0.05) is 45.0 Å². The Morgan fingerprint density at radius 1 is 1.14 bits per heavy atom. The minimum Gasteiger partial charge on any atom is -0.306 e. The maximum absolute atomic E-state index is 4.24. The van der Waals surface area contributed by atoms with E-state index in [2.05, 4.69) is 74.4 Å². The van der Waals surface area contributed by atoms with E-state index in [1.165, 1.54) is 16.7 Å². The van der Waals surface area contributed by atoms with Crippen LogP contribution in [0.4, 0.5) is 0 Å². The minimum atomic E-state index is 0.209. The summed E-state index contributed by atoms with van der Waals surface area (Å²) in [6.07, 6.45) is 0. The predicted molar refractivity (Wildman–Crippen MR) is 88.5 cm³/mol. The number of H-pyrrole nitrogens is 1. The number of aromatic amines is 1. The molecule has 3 heteroatoms. The van der Waals surface area contributed by atoms with Crippen LogP contribution in [0.3, 0.4) is 0 Å². The number of nitrogens with zero attached hydrogens (tertiary/aromatic N) is 1. The van der Waals surface area contributed by atoms with E-state index in [-0.39, 0.29) is 5.41 Å². The van der Waals surface area contributed by atoms with E-state index < -0.39 is 0 Å². The van der Waals surface area contributed by atoms with E-state index >= 15 is 0 Å². The number of hydrogen-bond acceptors (Lipinski definition) is 2. The largest absolute Gasteiger partial charge is 0.306 e. The van der Waals surface area contributed by atoms with Gasteiger partial charge in [-0.25, -0.2) is 0 Å². The highest BCUT2D eigenvalue weighted by molar-refractivity contribution is 5.29. The Hall–Kier alpha value is -1.61. The normalized spacial score (nSPS) is 13.4. The first kappa shape index (κ1) is 15.8. The van der Waals surface area contributed by atoms with Crippen molar-refractivity contribution in [1.82, 2.24) is 15.5 Å². The van der Waals surface area contributed by atoms with Gasteiger partial charge in [0.15, 0.2) is 0 Å². The van der Waals surface area contributed by atoms with Crippen LogP contribution in [-0.2, 0) is 12.0 Å². The number of hydrogen-bond donors (Lipinski definition) is 2. The van der Waals surface area contributed by atoms with Gasteiger partial charge in [-0.15, -0.1) is 0 Å². The second-order valence-corrected chi connectivity index (χ2v) is 6.89. The summed E-state index contributed by atoms with van der Waals surface area (Å²) >= 11 is 0. The summed E-state index contributed by atoms with van der Waals surface area (Å²) in [5, 5.41) is 10.9. The Morgan fingerprint density at radius 2 is 1.76 bits per heavy atom. The van der Waals surface area contributed by atoms with Crippen molar-refractivity contribution in [3.63, 3.8) is 0 Å². The summed E-state index contributed by atoms with van der Waals surface area (Å²) in [4.78, 5) is 0. The van der Waals surface area contributed by atoms with Gasteiger partial charge in [-0.2, -0.15) is 5.10 Å². The van der Waals surface area contributed by atoms with Crippen molar-refractivity contribution in [3.05, 3.63) is 52.3 Å². The van der Waals surface area contributed by atoms with Crippen LogP contribution in [0.25, 0.3) is 0 Å². The molecule has 1 heterocycles. The predicted octanol–water partition coefficient (Wildman–Crippen LogP) is 4.17. The van der Waals surface area contributed by atoms with Crippen LogP contribution in [-0.4, -0.2) is 10.2 Å². The molecule has 1 atom stereocenters. The zero-order valence-electron chi connectivity index (χ0n) is 14.0. The third-order valence-electron chi connectivity index (χ3n) is 4.14. The lowest BCUT2D eigenvalue weighted by Crippen LogP contribution is -2.19. The van der Waals surface area contributed by atoms with Crippen LogP contribution in [0.1, 0.15) is 61.8 Å². The van der Waals surface area contributed by atoms with Crippen molar-refractivity contribution < 1.29 is 0 Å². The second-order valence-electron chi connectivity index (χ2n) is 6.89. The number of benzene rings is 1. The minimum absolute atomic E-state index is 0.209. The third kappa shape index (κ3) is 3.73. The fourth-order valence-electron chi connectivity index (χ4n) is 2.48. The van der Waals surface area contributed by atoms with Gasteiger partial charge in [0, 0.05) is 23.8 Å². The molecule has 1 aromatic heterocycles. The number of nitrogens with one attached hydrogen (secondary N) is 2. The van der Waals surface area contributed by atoms with Gasteiger partial charge in [-0.05, 0) is 37.3 Å². The van der Waals surface area contributed by atoms with Crippen molar-refractivity contribution in [2.45, 2.75) is 59.5 Å². The smallest absolute Gasteiger partial charge is 0.0638 e. The lowest BCUT2D eigenvalue weighted by Gasteiger charge is -2.21. The number of aryl methyl sites for hydroxylation is 2. The first-order valence-electron chi connectivity index (χ1n) is 7.63. The Morgan fingerprint density at radius 3 is 2.24 bits per heavy atom. The molecule has 0 aliphatic heterocycles. The van der Waals surface area contributed by atoms with Gasteiger partial charge in [0.05, 0.1) is 5.69 Å². The van der Waals surface area contributed by atoms with Crippen LogP contribution in [0.5, 0.6) is 0 Å². The van der Waals surface area contributed by atoms with Crippen molar-refractivity contribution in [2.24, 2.45) is 0 Å². The Kier molecular flexibility index (Phi) is 4.52. The molecule has 1 unspecified atom stereocenters. The molecular formula is C18H27N3. The Balaban J connectivity index is 2.02. The molecule has 0 fully saturated rings. The molecule has 0 amide bonds. The van der Waals surface area contributed by atoms with Crippen LogP contribution in [0, 0.1) is 13.8 Å². The van der Waals surface area contributed by atoms with Gasteiger partial charge >= 0.3 is 0 Å². The van der Waals surface area contributed by atoms with Gasteiger partial charge in [0.25, 0.3) is 0 Å². The molecular weight excluding hydrogens is 258 g/mol. The highest BCUT2D eigenvalue weighted by atomic mass is 15.1. The molecule has 0 spiro atoms. The molecule has 0 aliphatic carbocycles. The lowest BCUT2D eigenvalue weighted by molar-refractivity contribution is 0.567. The average molecular weight is 285 g/mol. The first-order valence-corrected chi connectivity index (χ1v) is 7.63. The maximum Gasteiger partial charge on any atom is 0.0638 e. The summed E-state index contributed by atoms with van der Waals surface area (Å²) in [5.41, 5.74) is 6.40. The fraction of sp³-hybridized carbons (Fsp3) is 0.500. The van der Waals surface area contributed by atoms with Gasteiger partial charge in [-0.3, -0.25) is 5.10 Å². The van der Waals surface area contributed by atoms with E-state index in [1.54, 1.807) is 0 Å². The molecule has 0 saturated carbocycles. The molecule has 2 aromatic rings. The summed E-state index contributed by atoms with van der Waals surface area (Å²) < 4.78 is 0. The van der Waals surface area contributed by atoms with Crippen LogP contribution >= 0.6 is 0 Å². The zero-order chi connectivity index (χ0) is 15.6. The quantitative estimate of drug-likeness (QED) is 0.885. The van der Waals surface area contributed by atoms with Crippen LogP contribution < -0.4 is 5.32 Å². The van der Waals surface area contributed by atoms with Crippen molar-refractivity contribution in [3.8, 4) is 0 Å². The third-order valence-corrected chi connectivity index (χ3v) is 4.14. The summed E-state index contributed by atoms with van der Waals surface area (Å²) in [5.74, 6) is 0. The van der Waals surface area contributed by atoms with E-state index in [9.17, 15) is 0 Å². The first-order chi connectivity index (χ1) is 9.79. The van der Waals surface area contributed by atoms with Crippen molar-refractivity contribution in [2.75, 3.05) is 0 Å². The number of aromatic nitrogens is 2. The molecule has 1 aromatic carbocycles. The molecule has 21 heavy (non-hydrogen) atoms. The van der Waals surface area contributed by atoms with Crippen molar-refractivity contribution >= 4 is 0 Å². The Labute approximate surface area is 128 Å². The summed E-state index contributed by atoms with van der Waals surface area (Å²) in [6, 6.07) is 9.26. The van der Waals surface area contributed by atoms with Gasteiger partial charge < -0.3 is 5.32 Å². The van der Waals surface area contributed by atoms with E-state index in [1.807, 2.05) is 6.92 Å². The molecule has 0 saturated heterocycles. The molecule has 0 bridgehead atoms. The highest BCUT2D eigenvalue weighted by Gasteiger charge is 2.14. The van der Waals surface area contributed by atoms with Gasteiger partial charge in [0.2, 0.25) is 0 Å². The average Bonchev–Trinajstić information content (AvgIpc) is 2.75. The topological polar surface area (TPSA) is 40.7 Å². The van der Waals surface area contributed by atoms with Crippen LogP contribution in [0.15, 0.2) is 24.3 Å². The SMILES string of the molecule is Cc1n[nH]c(C)c1CNC(C)c1ccc(C(C)(C)C)cc1. The van der Waals surface area contributed by atoms with Crippen molar-refractivity contribution in [1.29, 1.82) is 0 Å².